The standard InChI is InChI=1S/C46H36N2O/c1-31-13-12-20-42-44(31)48-41-19-11-10-18-39(41)46(2,3)40-29-38(30-43(49-42)45(40)48)47(36-25-21-34(22-26-36)32-14-6-4-7-15-32)37-27-23-35(24-28-37)33-16-8-5-9-17-33/h4-30H,1-3H3. The Hall–Kier alpha value is -6.06. The van der Waals surface area contributed by atoms with E-state index in [-0.39, 0.29) is 5.41 Å². The van der Waals surface area contributed by atoms with Gasteiger partial charge in [-0.2, -0.15) is 0 Å². The summed E-state index contributed by atoms with van der Waals surface area (Å²) in [5.74, 6) is 1.73. The maximum atomic E-state index is 6.86. The molecule has 0 bridgehead atoms. The van der Waals surface area contributed by atoms with Gasteiger partial charge >= 0.3 is 0 Å². The summed E-state index contributed by atoms with van der Waals surface area (Å²) in [5, 5.41) is 0. The number of hydrogen-bond donors (Lipinski definition) is 0. The monoisotopic (exact) mass is 632 g/mol. The topological polar surface area (TPSA) is 15.7 Å². The molecule has 7 aromatic rings. The van der Waals surface area contributed by atoms with E-state index in [1.54, 1.807) is 0 Å². The van der Waals surface area contributed by atoms with Crippen LogP contribution in [0.5, 0.6) is 11.5 Å². The Balaban J connectivity index is 1.25. The van der Waals surface area contributed by atoms with Gasteiger partial charge in [0, 0.05) is 22.9 Å². The van der Waals surface area contributed by atoms with E-state index in [4.69, 9.17) is 4.74 Å². The zero-order chi connectivity index (χ0) is 33.1. The minimum absolute atomic E-state index is 0.267. The molecule has 0 fully saturated rings. The second-order valence-electron chi connectivity index (χ2n) is 13.5. The summed E-state index contributed by atoms with van der Waals surface area (Å²) < 4.78 is 6.86. The van der Waals surface area contributed by atoms with Gasteiger partial charge < -0.3 is 14.5 Å². The Kier molecular flexibility index (Phi) is 6.70. The van der Waals surface area contributed by atoms with Crippen molar-refractivity contribution in [2.75, 3.05) is 9.80 Å². The summed E-state index contributed by atoms with van der Waals surface area (Å²) >= 11 is 0. The zero-order valence-electron chi connectivity index (χ0n) is 27.9. The molecule has 2 aliphatic rings. The minimum atomic E-state index is -0.267. The number of nitrogens with zero attached hydrogens (tertiary/aromatic N) is 2. The largest absolute Gasteiger partial charge is 0.453 e. The van der Waals surface area contributed by atoms with E-state index in [1.165, 1.54) is 44.6 Å². The van der Waals surface area contributed by atoms with Crippen LogP contribution in [-0.2, 0) is 5.41 Å². The van der Waals surface area contributed by atoms with E-state index in [0.717, 1.165) is 39.9 Å². The first kappa shape index (κ1) is 29.1. The van der Waals surface area contributed by atoms with Crippen molar-refractivity contribution >= 4 is 34.1 Å². The lowest BCUT2D eigenvalue weighted by Gasteiger charge is -2.46. The highest BCUT2D eigenvalue weighted by atomic mass is 16.5. The van der Waals surface area contributed by atoms with Crippen molar-refractivity contribution < 1.29 is 4.74 Å². The lowest BCUT2D eigenvalue weighted by atomic mass is 9.73. The van der Waals surface area contributed by atoms with Crippen LogP contribution in [0.3, 0.4) is 0 Å². The molecule has 9 rings (SSSR count). The first-order valence-electron chi connectivity index (χ1n) is 16.9. The van der Waals surface area contributed by atoms with Crippen LogP contribution >= 0.6 is 0 Å². The molecule has 0 amide bonds. The van der Waals surface area contributed by atoms with E-state index in [9.17, 15) is 0 Å². The number of hydrogen-bond acceptors (Lipinski definition) is 3. The van der Waals surface area contributed by atoms with Crippen LogP contribution in [-0.4, -0.2) is 0 Å². The molecule has 0 radical (unpaired) electrons. The van der Waals surface area contributed by atoms with Gasteiger partial charge in [0.15, 0.2) is 11.5 Å². The van der Waals surface area contributed by atoms with Gasteiger partial charge in [-0.15, -0.1) is 0 Å². The fourth-order valence-electron chi connectivity index (χ4n) is 7.64. The fourth-order valence-corrected chi connectivity index (χ4v) is 7.64. The fraction of sp³-hybridized carbons (Fsp3) is 0.0870. The molecule has 7 aromatic carbocycles. The molecule has 3 nitrogen and oxygen atoms in total. The molecule has 0 atom stereocenters. The van der Waals surface area contributed by atoms with Gasteiger partial charge in [0.25, 0.3) is 0 Å². The smallest absolute Gasteiger partial charge is 0.153 e. The number of aryl methyl sites for hydroxylation is 1. The lowest BCUT2D eigenvalue weighted by Crippen LogP contribution is -2.33. The third-order valence-electron chi connectivity index (χ3n) is 10.1. The van der Waals surface area contributed by atoms with E-state index in [0.29, 0.717) is 0 Å². The second-order valence-corrected chi connectivity index (χ2v) is 13.5. The lowest BCUT2D eigenvalue weighted by molar-refractivity contribution is 0.471. The van der Waals surface area contributed by atoms with E-state index in [1.807, 2.05) is 0 Å². The molecule has 0 aliphatic carbocycles. The zero-order valence-corrected chi connectivity index (χ0v) is 27.9. The molecule has 0 spiro atoms. The first-order valence-corrected chi connectivity index (χ1v) is 16.9. The molecule has 0 saturated heterocycles. The first-order chi connectivity index (χ1) is 24.0. The van der Waals surface area contributed by atoms with Crippen LogP contribution in [0.25, 0.3) is 22.3 Å². The average molecular weight is 633 g/mol. The molecule has 236 valence electrons. The third-order valence-corrected chi connectivity index (χ3v) is 10.1. The molecule has 2 heterocycles. The molecule has 0 aromatic heterocycles. The van der Waals surface area contributed by atoms with Crippen molar-refractivity contribution in [3.8, 4) is 33.8 Å². The van der Waals surface area contributed by atoms with Crippen LogP contribution in [0.2, 0.25) is 0 Å². The Morgan fingerprint density at radius 3 is 1.63 bits per heavy atom. The molecular formula is C46H36N2O. The van der Waals surface area contributed by atoms with E-state index >= 15 is 0 Å². The molecule has 0 N–H and O–H groups in total. The number of ether oxygens (including phenoxy) is 1. The third kappa shape index (κ3) is 4.73. The summed E-state index contributed by atoms with van der Waals surface area (Å²) in [5.41, 5.74) is 14.9. The normalized spacial score (nSPS) is 13.5. The number of fused-ring (bicyclic) bond motifs is 4. The summed E-state index contributed by atoms with van der Waals surface area (Å²) in [6.07, 6.45) is 0. The Morgan fingerprint density at radius 1 is 0.469 bits per heavy atom. The summed E-state index contributed by atoms with van der Waals surface area (Å²) in [7, 11) is 0. The van der Waals surface area contributed by atoms with Gasteiger partial charge in [-0.25, -0.2) is 0 Å². The number of benzene rings is 7. The molecule has 0 unspecified atom stereocenters. The van der Waals surface area contributed by atoms with Gasteiger partial charge in [0.05, 0.1) is 22.7 Å². The molecule has 3 heteroatoms. The molecular weight excluding hydrogens is 597 g/mol. The van der Waals surface area contributed by atoms with Crippen molar-refractivity contribution in [3.63, 3.8) is 0 Å². The van der Waals surface area contributed by atoms with Gasteiger partial charge in [0.2, 0.25) is 0 Å². The highest BCUT2D eigenvalue weighted by Crippen LogP contribution is 2.61. The predicted molar refractivity (Wildman–Crippen MR) is 204 cm³/mol. The van der Waals surface area contributed by atoms with Gasteiger partial charge in [-0.1, -0.05) is 129 Å². The predicted octanol–water partition coefficient (Wildman–Crippen LogP) is 13.0. The summed E-state index contributed by atoms with van der Waals surface area (Å²) in [4.78, 5) is 4.78. The maximum absolute atomic E-state index is 6.86. The summed E-state index contributed by atoms with van der Waals surface area (Å²) in [6.45, 7) is 6.84. The van der Waals surface area contributed by atoms with Gasteiger partial charge in [-0.3, -0.25) is 0 Å². The molecule has 0 saturated carbocycles. The number of para-hydroxylation sites is 2. The Morgan fingerprint density at radius 2 is 1.02 bits per heavy atom. The minimum Gasteiger partial charge on any atom is -0.453 e. The van der Waals surface area contributed by atoms with Crippen LogP contribution < -0.4 is 14.5 Å². The maximum Gasteiger partial charge on any atom is 0.153 e. The average Bonchev–Trinajstić information content (AvgIpc) is 3.15. The van der Waals surface area contributed by atoms with Crippen molar-refractivity contribution in [2.24, 2.45) is 0 Å². The molecule has 49 heavy (non-hydrogen) atoms. The molecule has 2 aliphatic heterocycles. The van der Waals surface area contributed by atoms with E-state index in [2.05, 4.69) is 194 Å². The highest BCUT2D eigenvalue weighted by Gasteiger charge is 2.42. The van der Waals surface area contributed by atoms with Crippen molar-refractivity contribution in [3.05, 3.63) is 180 Å². The van der Waals surface area contributed by atoms with Crippen molar-refractivity contribution in [1.82, 2.24) is 0 Å². The number of rotatable bonds is 5. The summed E-state index contributed by atoms with van der Waals surface area (Å²) in [6, 6.07) is 58.6. The van der Waals surface area contributed by atoms with Crippen LogP contribution in [0.4, 0.5) is 34.1 Å². The van der Waals surface area contributed by atoms with Crippen LogP contribution in [0.1, 0.15) is 30.5 Å². The highest BCUT2D eigenvalue weighted by molar-refractivity contribution is 5.96. The van der Waals surface area contributed by atoms with E-state index < -0.39 is 0 Å². The van der Waals surface area contributed by atoms with Gasteiger partial charge in [0.1, 0.15) is 0 Å². The number of anilines is 6. The van der Waals surface area contributed by atoms with Crippen molar-refractivity contribution in [1.29, 1.82) is 0 Å². The van der Waals surface area contributed by atoms with Gasteiger partial charge in [-0.05, 0) is 88.3 Å². The van der Waals surface area contributed by atoms with Crippen molar-refractivity contribution in [2.45, 2.75) is 26.2 Å². The van der Waals surface area contributed by atoms with Crippen LogP contribution in [0, 0.1) is 6.92 Å². The quantitative estimate of drug-likeness (QED) is 0.188. The Labute approximate surface area is 288 Å². The second kappa shape index (κ2) is 11.3. The van der Waals surface area contributed by atoms with Crippen LogP contribution in [0.15, 0.2) is 164 Å². The SMILES string of the molecule is Cc1cccc2c1N1c3ccccc3C(C)(C)c3cc(N(c4ccc(-c5ccccc5)cc4)c4ccc(-c5ccccc5)cc4)cc(c31)O2. The Bertz CT molecular complexity index is 2240.